The van der Waals surface area contributed by atoms with Gasteiger partial charge in [-0.1, -0.05) is 13.8 Å². The fraction of sp³-hybridized carbons (Fsp3) is 0.429. The van der Waals surface area contributed by atoms with Gasteiger partial charge in [0.15, 0.2) is 0 Å². The molecule has 1 unspecified atom stereocenters. The van der Waals surface area contributed by atoms with Crippen molar-refractivity contribution in [1.29, 1.82) is 0 Å². The molecule has 0 aliphatic carbocycles. The first-order chi connectivity index (χ1) is 9.31. The number of hydrogen-bond donors (Lipinski definition) is 3. The number of phenols is 1. The van der Waals surface area contributed by atoms with E-state index in [-0.39, 0.29) is 17.7 Å². The average molecular weight is 280 g/mol. The molecule has 3 N–H and O–H groups in total. The fourth-order valence-electron chi connectivity index (χ4n) is 1.49. The van der Waals surface area contributed by atoms with Gasteiger partial charge < -0.3 is 15.5 Å². The predicted molar refractivity (Wildman–Crippen MR) is 75.9 cm³/mol. The van der Waals surface area contributed by atoms with Crippen molar-refractivity contribution in [3.63, 3.8) is 0 Å². The Morgan fingerprint density at radius 2 is 1.75 bits per heavy atom. The highest BCUT2D eigenvalue weighted by molar-refractivity contribution is 5.96. The Kier molecular flexibility index (Phi) is 5.37. The molecule has 20 heavy (non-hydrogen) atoms. The summed E-state index contributed by atoms with van der Waals surface area (Å²) in [4.78, 5) is 24.2. The van der Waals surface area contributed by atoms with Crippen LogP contribution in [0.15, 0.2) is 24.3 Å². The van der Waals surface area contributed by atoms with Crippen molar-refractivity contribution < 1.29 is 19.8 Å². The molecular weight excluding hydrogens is 260 g/mol. The monoisotopic (exact) mass is 280 g/mol. The summed E-state index contributed by atoms with van der Waals surface area (Å²) in [6.07, 6.45) is 0. The Labute approximate surface area is 118 Å². The van der Waals surface area contributed by atoms with Crippen LogP contribution >= 0.6 is 0 Å². The molecule has 1 aromatic rings. The zero-order valence-electron chi connectivity index (χ0n) is 11.8. The first-order valence-corrected chi connectivity index (χ1v) is 6.40. The van der Waals surface area contributed by atoms with E-state index in [1.54, 1.807) is 0 Å². The van der Waals surface area contributed by atoms with E-state index >= 15 is 0 Å². The van der Waals surface area contributed by atoms with Crippen molar-refractivity contribution in [2.45, 2.75) is 26.8 Å². The molecule has 0 spiro atoms. The van der Waals surface area contributed by atoms with E-state index in [1.807, 2.05) is 20.8 Å². The van der Waals surface area contributed by atoms with E-state index in [2.05, 4.69) is 5.32 Å². The minimum absolute atomic E-state index is 0.0555. The van der Waals surface area contributed by atoms with Gasteiger partial charge in [-0.25, -0.2) is 4.79 Å². The van der Waals surface area contributed by atoms with Crippen LogP contribution in [0.4, 0.5) is 10.5 Å². The van der Waals surface area contributed by atoms with Crippen molar-refractivity contribution >= 4 is 17.7 Å². The van der Waals surface area contributed by atoms with Gasteiger partial charge in [0, 0.05) is 11.7 Å². The lowest BCUT2D eigenvalue weighted by atomic mass is 10.1. The lowest BCUT2D eigenvalue weighted by Gasteiger charge is -2.25. The van der Waals surface area contributed by atoms with Gasteiger partial charge in [0.05, 0.1) is 0 Å². The number of carbonyl (C=O) groups excluding carboxylic acids is 1. The Bertz CT molecular complexity index is 471. The zero-order chi connectivity index (χ0) is 15.3. The van der Waals surface area contributed by atoms with Crippen LogP contribution in [0, 0.1) is 5.92 Å². The smallest absolute Gasteiger partial charge is 0.323 e. The Morgan fingerprint density at radius 1 is 1.20 bits per heavy atom. The number of carboxylic acid groups (broad SMARTS) is 1. The van der Waals surface area contributed by atoms with Crippen LogP contribution in [0.3, 0.4) is 0 Å². The summed E-state index contributed by atoms with van der Waals surface area (Å²) >= 11 is 0. The Morgan fingerprint density at radius 3 is 2.20 bits per heavy atom. The molecule has 1 atom stereocenters. The van der Waals surface area contributed by atoms with Gasteiger partial charge in [-0.15, -0.1) is 0 Å². The SMILES string of the molecule is CC(C)C(C)NC(=O)N(CC(=O)O)c1ccc(O)cc1. The lowest BCUT2D eigenvalue weighted by Crippen LogP contribution is -2.47. The number of nitrogens with zero attached hydrogens (tertiary/aromatic N) is 1. The van der Waals surface area contributed by atoms with Crippen molar-refractivity contribution in [1.82, 2.24) is 5.32 Å². The van der Waals surface area contributed by atoms with Crippen LogP contribution in [0.25, 0.3) is 0 Å². The first kappa shape index (κ1) is 15.8. The van der Waals surface area contributed by atoms with Gasteiger partial charge in [0.1, 0.15) is 12.3 Å². The molecule has 0 heterocycles. The predicted octanol–water partition coefficient (Wildman–Crippen LogP) is 2.04. The van der Waals surface area contributed by atoms with E-state index in [1.165, 1.54) is 24.3 Å². The van der Waals surface area contributed by atoms with E-state index in [0.29, 0.717) is 5.69 Å². The third-order valence-corrected chi connectivity index (χ3v) is 3.05. The number of phenolic OH excluding ortho intramolecular Hbond substituents is 1. The maximum absolute atomic E-state index is 12.2. The molecule has 2 amide bonds. The van der Waals surface area contributed by atoms with Crippen molar-refractivity contribution in [3.8, 4) is 5.75 Å². The zero-order valence-corrected chi connectivity index (χ0v) is 11.8. The van der Waals surface area contributed by atoms with Gasteiger partial charge in [-0.3, -0.25) is 9.69 Å². The molecule has 1 aromatic carbocycles. The molecule has 0 radical (unpaired) electrons. The highest BCUT2D eigenvalue weighted by Gasteiger charge is 2.21. The Hall–Kier alpha value is -2.24. The van der Waals surface area contributed by atoms with Crippen molar-refractivity contribution in [2.75, 3.05) is 11.4 Å². The van der Waals surface area contributed by atoms with Crippen LogP contribution < -0.4 is 10.2 Å². The normalized spacial score (nSPS) is 12.0. The largest absolute Gasteiger partial charge is 0.508 e. The second-order valence-electron chi connectivity index (χ2n) is 4.98. The second-order valence-corrected chi connectivity index (χ2v) is 4.98. The standard InChI is InChI=1S/C14H20N2O4/c1-9(2)10(3)15-14(20)16(8-13(18)19)11-4-6-12(17)7-5-11/h4-7,9-10,17H,8H2,1-3H3,(H,15,20)(H,18,19). The summed E-state index contributed by atoms with van der Waals surface area (Å²) in [5.74, 6) is -0.809. The Balaban J connectivity index is 2.91. The molecular formula is C14H20N2O4. The summed E-state index contributed by atoms with van der Waals surface area (Å²) in [7, 11) is 0. The van der Waals surface area contributed by atoms with Crippen molar-refractivity contribution in [2.24, 2.45) is 5.92 Å². The van der Waals surface area contributed by atoms with Gasteiger partial charge in [0.25, 0.3) is 0 Å². The van der Waals surface area contributed by atoms with Gasteiger partial charge >= 0.3 is 12.0 Å². The molecule has 0 saturated heterocycles. The molecule has 6 heteroatoms. The number of amides is 2. The number of benzene rings is 1. The number of carboxylic acids is 1. The molecule has 1 rings (SSSR count). The van der Waals surface area contributed by atoms with E-state index < -0.39 is 18.5 Å². The number of urea groups is 1. The van der Waals surface area contributed by atoms with Crippen LogP contribution in [0.5, 0.6) is 5.75 Å². The summed E-state index contributed by atoms with van der Waals surface area (Å²) in [5.41, 5.74) is 0.415. The minimum atomic E-state index is -1.11. The van der Waals surface area contributed by atoms with E-state index in [0.717, 1.165) is 4.90 Å². The third-order valence-electron chi connectivity index (χ3n) is 3.05. The molecule has 6 nitrogen and oxygen atoms in total. The molecule has 0 aromatic heterocycles. The molecule has 0 fully saturated rings. The van der Waals surface area contributed by atoms with Gasteiger partial charge in [-0.2, -0.15) is 0 Å². The van der Waals surface area contributed by atoms with Gasteiger partial charge in [-0.05, 0) is 37.1 Å². The van der Waals surface area contributed by atoms with Gasteiger partial charge in [0.2, 0.25) is 0 Å². The topological polar surface area (TPSA) is 89.9 Å². The summed E-state index contributed by atoms with van der Waals surface area (Å²) in [5, 5.41) is 20.9. The summed E-state index contributed by atoms with van der Waals surface area (Å²) in [6, 6.07) is 5.26. The number of nitrogens with one attached hydrogen (secondary N) is 1. The number of aliphatic carboxylic acids is 1. The van der Waals surface area contributed by atoms with Crippen LogP contribution in [-0.4, -0.2) is 34.8 Å². The summed E-state index contributed by atoms with van der Waals surface area (Å²) < 4.78 is 0. The molecule has 0 aliphatic rings. The number of rotatable bonds is 5. The minimum Gasteiger partial charge on any atom is -0.508 e. The lowest BCUT2D eigenvalue weighted by molar-refractivity contribution is -0.135. The average Bonchev–Trinajstić information content (AvgIpc) is 2.36. The fourth-order valence-corrected chi connectivity index (χ4v) is 1.49. The van der Waals surface area contributed by atoms with Crippen molar-refractivity contribution in [3.05, 3.63) is 24.3 Å². The van der Waals surface area contributed by atoms with Crippen LogP contribution in [0.1, 0.15) is 20.8 Å². The number of carbonyl (C=O) groups is 2. The van der Waals surface area contributed by atoms with Crippen LogP contribution in [0.2, 0.25) is 0 Å². The molecule has 110 valence electrons. The maximum atomic E-state index is 12.2. The number of hydrogen-bond acceptors (Lipinski definition) is 3. The highest BCUT2D eigenvalue weighted by atomic mass is 16.4. The highest BCUT2D eigenvalue weighted by Crippen LogP contribution is 2.18. The quantitative estimate of drug-likeness (QED) is 0.770. The molecule has 0 saturated carbocycles. The molecule has 0 aliphatic heterocycles. The first-order valence-electron chi connectivity index (χ1n) is 6.40. The number of anilines is 1. The van der Waals surface area contributed by atoms with E-state index in [4.69, 9.17) is 5.11 Å². The van der Waals surface area contributed by atoms with E-state index in [9.17, 15) is 14.7 Å². The maximum Gasteiger partial charge on any atom is 0.323 e. The molecule has 0 bridgehead atoms. The summed E-state index contributed by atoms with van der Waals surface area (Å²) in [6.45, 7) is 5.35. The number of aromatic hydroxyl groups is 1. The third kappa shape index (κ3) is 4.46. The second kappa shape index (κ2) is 6.79. The van der Waals surface area contributed by atoms with Crippen LogP contribution in [-0.2, 0) is 4.79 Å².